The molecule has 4 rings (SSSR count). The largest absolute Gasteiger partial charge is 0.492 e. The van der Waals surface area contributed by atoms with E-state index in [2.05, 4.69) is 34.2 Å². The van der Waals surface area contributed by atoms with E-state index < -0.39 is 5.97 Å². The molecule has 0 unspecified atom stereocenters. The Morgan fingerprint density at radius 1 is 1.07 bits per heavy atom. The first-order valence-corrected chi connectivity index (χ1v) is 14.9. The molecule has 9 heteroatoms. The zero-order chi connectivity index (χ0) is 28.8. The number of likely N-dealkylation sites (tertiary alicyclic amines) is 1. The second kappa shape index (κ2) is 13.4. The first-order valence-electron chi connectivity index (χ1n) is 14.1. The highest BCUT2D eigenvalue weighted by Crippen LogP contribution is 2.34. The van der Waals surface area contributed by atoms with Crippen LogP contribution in [-0.4, -0.2) is 64.9 Å². The van der Waals surface area contributed by atoms with Crippen molar-refractivity contribution in [3.8, 4) is 16.3 Å². The van der Waals surface area contributed by atoms with Crippen molar-refractivity contribution in [1.29, 1.82) is 0 Å². The quantitative estimate of drug-likeness (QED) is 0.302. The number of unbranched alkanes of at least 4 members (excludes halogenated alkanes) is 1. The van der Waals surface area contributed by atoms with Crippen LogP contribution < -0.4 is 9.64 Å². The van der Waals surface area contributed by atoms with Crippen molar-refractivity contribution < 1.29 is 19.4 Å². The number of hydrogen-bond acceptors (Lipinski definition) is 7. The van der Waals surface area contributed by atoms with Gasteiger partial charge in [0.25, 0.3) is 5.91 Å². The van der Waals surface area contributed by atoms with Crippen LogP contribution in [0.25, 0.3) is 10.6 Å². The standard InChI is InChI=1S/C31H40N4O4S/c1-6-7-13-35(29(36)26-10-8-9-20(2)23(26)5)31-33-32-28(40-31)25-18-21(3)27(22(4)19-25)39-17-16-34-14-11-24(12-15-34)30(37)38/h8-10,18-19,24H,6-7,11-17H2,1-5H3,(H,37,38). The van der Waals surface area contributed by atoms with Crippen molar-refractivity contribution in [2.75, 3.05) is 37.7 Å². The van der Waals surface area contributed by atoms with E-state index in [0.29, 0.717) is 36.7 Å². The fourth-order valence-electron chi connectivity index (χ4n) is 5.15. The fourth-order valence-corrected chi connectivity index (χ4v) is 6.01. The summed E-state index contributed by atoms with van der Waals surface area (Å²) in [7, 11) is 0. The number of carboxylic acid groups (broad SMARTS) is 1. The van der Waals surface area contributed by atoms with Crippen LogP contribution in [0.4, 0.5) is 5.13 Å². The summed E-state index contributed by atoms with van der Waals surface area (Å²) in [5.41, 5.74) is 5.78. The fraction of sp³-hybridized carbons (Fsp3) is 0.484. The average molecular weight is 565 g/mol. The zero-order valence-corrected chi connectivity index (χ0v) is 25.0. The Balaban J connectivity index is 1.46. The van der Waals surface area contributed by atoms with Crippen molar-refractivity contribution in [3.05, 3.63) is 58.1 Å². The summed E-state index contributed by atoms with van der Waals surface area (Å²) in [6.45, 7) is 13.7. The summed E-state index contributed by atoms with van der Waals surface area (Å²) in [5.74, 6) is -0.0887. The van der Waals surface area contributed by atoms with Crippen LogP contribution >= 0.6 is 11.3 Å². The van der Waals surface area contributed by atoms with Gasteiger partial charge in [0, 0.05) is 24.2 Å². The van der Waals surface area contributed by atoms with Crippen molar-refractivity contribution in [3.63, 3.8) is 0 Å². The number of rotatable bonds is 11. The Hall–Kier alpha value is -3.30. The molecule has 0 aliphatic carbocycles. The number of nitrogens with zero attached hydrogens (tertiary/aromatic N) is 4. The van der Waals surface area contributed by atoms with E-state index >= 15 is 0 Å². The van der Waals surface area contributed by atoms with Gasteiger partial charge in [-0.3, -0.25) is 19.4 Å². The highest BCUT2D eigenvalue weighted by atomic mass is 32.1. The number of carbonyl (C=O) groups excluding carboxylic acids is 1. The van der Waals surface area contributed by atoms with Crippen LogP contribution in [0.1, 0.15) is 65.2 Å². The lowest BCUT2D eigenvalue weighted by Crippen LogP contribution is -2.38. The van der Waals surface area contributed by atoms with E-state index in [1.54, 1.807) is 4.90 Å². The maximum Gasteiger partial charge on any atom is 0.306 e. The highest BCUT2D eigenvalue weighted by Gasteiger charge is 2.25. The summed E-state index contributed by atoms with van der Waals surface area (Å²) in [4.78, 5) is 28.8. The van der Waals surface area contributed by atoms with E-state index in [9.17, 15) is 14.7 Å². The van der Waals surface area contributed by atoms with Crippen LogP contribution in [0, 0.1) is 33.6 Å². The summed E-state index contributed by atoms with van der Waals surface area (Å²) in [6.07, 6.45) is 3.24. The lowest BCUT2D eigenvalue weighted by molar-refractivity contribution is -0.143. The number of hydrogen-bond donors (Lipinski definition) is 1. The van der Waals surface area contributed by atoms with Gasteiger partial charge in [-0.05, 0) is 100 Å². The first kappa shape index (κ1) is 29.7. The molecule has 1 fully saturated rings. The predicted molar refractivity (Wildman–Crippen MR) is 160 cm³/mol. The molecule has 0 spiro atoms. The second-order valence-corrected chi connectivity index (χ2v) is 11.6. The molecule has 1 aliphatic rings. The molecule has 2 heterocycles. The smallest absolute Gasteiger partial charge is 0.306 e. The molecular formula is C31H40N4O4S. The lowest BCUT2D eigenvalue weighted by atomic mass is 9.97. The van der Waals surface area contributed by atoms with Gasteiger partial charge in [-0.1, -0.05) is 36.8 Å². The van der Waals surface area contributed by atoms with Gasteiger partial charge >= 0.3 is 5.97 Å². The molecule has 214 valence electrons. The van der Waals surface area contributed by atoms with Crippen LogP contribution in [0.15, 0.2) is 30.3 Å². The molecule has 0 bridgehead atoms. The number of piperidine rings is 1. The minimum atomic E-state index is -0.688. The van der Waals surface area contributed by atoms with Crippen LogP contribution in [0.2, 0.25) is 0 Å². The summed E-state index contributed by atoms with van der Waals surface area (Å²) >= 11 is 1.43. The van der Waals surface area contributed by atoms with E-state index in [-0.39, 0.29) is 11.8 Å². The normalized spacial score (nSPS) is 14.3. The number of amides is 1. The molecule has 1 N–H and O–H groups in total. The number of carboxylic acids is 1. The molecule has 1 saturated heterocycles. The monoisotopic (exact) mass is 564 g/mol. The van der Waals surface area contributed by atoms with Crippen LogP contribution in [0.3, 0.4) is 0 Å². The number of anilines is 1. The number of carbonyl (C=O) groups is 2. The third-order valence-electron chi connectivity index (χ3n) is 7.76. The molecule has 2 aromatic carbocycles. The second-order valence-electron chi connectivity index (χ2n) is 10.7. The number of aromatic nitrogens is 2. The van der Waals surface area contributed by atoms with Gasteiger partial charge in [0.2, 0.25) is 5.13 Å². The molecular weight excluding hydrogens is 524 g/mol. The van der Waals surface area contributed by atoms with Crippen LogP contribution in [-0.2, 0) is 4.79 Å². The highest BCUT2D eigenvalue weighted by molar-refractivity contribution is 7.18. The van der Waals surface area contributed by atoms with E-state index in [1.807, 2.05) is 45.9 Å². The Morgan fingerprint density at radius 2 is 1.77 bits per heavy atom. The minimum absolute atomic E-state index is 0.0411. The molecule has 0 atom stereocenters. The molecule has 0 radical (unpaired) electrons. The maximum atomic E-state index is 13.6. The Morgan fingerprint density at radius 3 is 2.42 bits per heavy atom. The van der Waals surface area contributed by atoms with Gasteiger partial charge in [0.1, 0.15) is 17.4 Å². The molecule has 1 aromatic heterocycles. The van der Waals surface area contributed by atoms with Gasteiger partial charge in [-0.25, -0.2) is 0 Å². The number of ether oxygens (including phenoxy) is 1. The SMILES string of the molecule is CCCCN(C(=O)c1cccc(C)c1C)c1nnc(-c2cc(C)c(OCCN3CCC(C(=O)O)CC3)c(C)c2)s1. The van der Waals surface area contributed by atoms with E-state index in [1.165, 1.54) is 11.3 Å². The van der Waals surface area contributed by atoms with Crippen LogP contribution in [0.5, 0.6) is 5.75 Å². The van der Waals surface area contributed by atoms with Gasteiger partial charge in [0.15, 0.2) is 0 Å². The number of aliphatic carboxylic acids is 1. The van der Waals surface area contributed by atoms with Crippen molar-refractivity contribution in [2.24, 2.45) is 5.92 Å². The Labute approximate surface area is 241 Å². The third kappa shape index (κ3) is 6.88. The number of aryl methyl sites for hydroxylation is 3. The summed E-state index contributed by atoms with van der Waals surface area (Å²) < 4.78 is 6.18. The molecule has 40 heavy (non-hydrogen) atoms. The van der Waals surface area contributed by atoms with Crippen molar-refractivity contribution in [2.45, 2.75) is 60.3 Å². The van der Waals surface area contributed by atoms with Gasteiger partial charge in [-0.15, -0.1) is 10.2 Å². The lowest BCUT2D eigenvalue weighted by Gasteiger charge is -2.30. The van der Waals surface area contributed by atoms with Gasteiger partial charge < -0.3 is 9.84 Å². The first-order chi connectivity index (χ1) is 19.2. The molecule has 1 amide bonds. The minimum Gasteiger partial charge on any atom is -0.492 e. The Kier molecular flexibility index (Phi) is 9.92. The van der Waals surface area contributed by atoms with Crippen molar-refractivity contribution >= 4 is 28.3 Å². The van der Waals surface area contributed by atoms with Gasteiger partial charge in [-0.2, -0.15) is 0 Å². The van der Waals surface area contributed by atoms with E-state index in [4.69, 9.17) is 4.74 Å². The predicted octanol–water partition coefficient (Wildman–Crippen LogP) is 6.06. The average Bonchev–Trinajstić information content (AvgIpc) is 3.42. The van der Waals surface area contributed by atoms with E-state index in [0.717, 1.165) is 71.1 Å². The van der Waals surface area contributed by atoms with Crippen molar-refractivity contribution in [1.82, 2.24) is 15.1 Å². The number of benzene rings is 2. The molecule has 0 saturated carbocycles. The van der Waals surface area contributed by atoms with Gasteiger partial charge in [0.05, 0.1) is 5.92 Å². The maximum absolute atomic E-state index is 13.6. The third-order valence-corrected chi connectivity index (χ3v) is 8.75. The summed E-state index contributed by atoms with van der Waals surface area (Å²) in [6, 6.07) is 9.96. The Bertz CT molecular complexity index is 1320. The molecule has 3 aromatic rings. The zero-order valence-electron chi connectivity index (χ0n) is 24.2. The summed E-state index contributed by atoms with van der Waals surface area (Å²) in [5, 5.41) is 19.5. The topological polar surface area (TPSA) is 95.9 Å². The molecule has 8 nitrogen and oxygen atoms in total. The molecule has 1 aliphatic heterocycles.